The summed E-state index contributed by atoms with van der Waals surface area (Å²) in [6, 6.07) is 8.88. The van der Waals surface area contributed by atoms with Crippen LogP contribution in [0.4, 0.5) is 4.39 Å². The summed E-state index contributed by atoms with van der Waals surface area (Å²) in [7, 11) is -3.49. The molecular weight excluding hydrogens is 333 g/mol. The molecule has 3 rings (SSSR count). The van der Waals surface area contributed by atoms with Gasteiger partial charge in [0, 0.05) is 32.4 Å². The lowest BCUT2D eigenvalue weighted by atomic mass is 10.2. The molecule has 0 radical (unpaired) electrons. The van der Waals surface area contributed by atoms with Crippen LogP contribution in [0.1, 0.15) is 16.1 Å². The van der Waals surface area contributed by atoms with Gasteiger partial charge in [-0.25, -0.2) is 12.8 Å². The number of piperazine rings is 1. The zero-order valence-electron chi connectivity index (χ0n) is 13.0. The third-order valence-corrected chi connectivity index (χ3v) is 5.86. The number of benzene rings is 1. The second-order valence-corrected chi connectivity index (χ2v) is 7.63. The standard InChI is InChI=1S/C16H18FN3O3S/c17-14-5-3-13(4-6-14)12-24(22,23)20-10-8-19(9-11-20)16(21)15-2-1-7-18-15/h1-7,18H,8-12H2. The molecule has 2 aromatic rings. The lowest BCUT2D eigenvalue weighted by Crippen LogP contribution is -2.50. The molecule has 0 bridgehead atoms. The van der Waals surface area contributed by atoms with Crippen molar-refractivity contribution < 1.29 is 17.6 Å². The van der Waals surface area contributed by atoms with Gasteiger partial charge in [0.1, 0.15) is 11.5 Å². The molecule has 0 saturated carbocycles. The molecule has 0 atom stereocenters. The van der Waals surface area contributed by atoms with Gasteiger partial charge < -0.3 is 9.88 Å². The van der Waals surface area contributed by atoms with E-state index in [2.05, 4.69) is 4.98 Å². The zero-order chi connectivity index (χ0) is 17.2. The number of aromatic nitrogens is 1. The van der Waals surface area contributed by atoms with Crippen LogP contribution in [-0.4, -0.2) is 54.7 Å². The molecule has 1 aromatic carbocycles. The average Bonchev–Trinajstić information content (AvgIpc) is 3.11. The van der Waals surface area contributed by atoms with Gasteiger partial charge in [-0.05, 0) is 29.8 Å². The van der Waals surface area contributed by atoms with Crippen LogP contribution in [0, 0.1) is 5.82 Å². The third-order valence-electron chi connectivity index (χ3n) is 4.01. The number of halogens is 1. The molecule has 0 unspecified atom stereocenters. The number of hydrogen-bond donors (Lipinski definition) is 1. The number of rotatable bonds is 4. The number of hydrogen-bond acceptors (Lipinski definition) is 3. The molecule has 2 heterocycles. The number of carbonyl (C=O) groups excluding carboxylic acids is 1. The van der Waals surface area contributed by atoms with Crippen molar-refractivity contribution in [2.75, 3.05) is 26.2 Å². The molecule has 128 valence electrons. The summed E-state index contributed by atoms with van der Waals surface area (Å²) in [5.74, 6) is -0.694. The SMILES string of the molecule is O=C(c1ccc[nH]1)N1CCN(S(=O)(=O)Cc2ccc(F)cc2)CC1. The smallest absolute Gasteiger partial charge is 0.270 e. The molecule has 6 nitrogen and oxygen atoms in total. The zero-order valence-corrected chi connectivity index (χ0v) is 13.8. The number of H-pyrrole nitrogens is 1. The van der Waals surface area contributed by atoms with Crippen LogP contribution < -0.4 is 0 Å². The van der Waals surface area contributed by atoms with E-state index in [1.54, 1.807) is 23.2 Å². The van der Waals surface area contributed by atoms with Crippen molar-refractivity contribution in [3.05, 3.63) is 59.7 Å². The molecule has 1 N–H and O–H groups in total. The Morgan fingerprint density at radius 3 is 2.33 bits per heavy atom. The van der Waals surface area contributed by atoms with Crippen molar-refractivity contribution in [1.82, 2.24) is 14.2 Å². The van der Waals surface area contributed by atoms with E-state index in [-0.39, 0.29) is 24.7 Å². The normalized spacial score (nSPS) is 16.3. The highest BCUT2D eigenvalue weighted by molar-refractivity contribution is 7.88. The number of nitrogens with zero attached hydrogens (tertiary/aromatic N) is 2. The van der Waals surface area contributed by atoms with Crippen molar-refractivity contribution in [2.45, 2.75) is 5.75 Å². The molecule has 1 aliphatic heterocycles. The fourth-order valence-electron chi connectivity index (χ4n) is 2.69. The van der Waals surface area contributed by atoms with E-state index in [0.717, 1.165) is 0 Å². The van der Waals surface area contributed by atoms with Crippen molar-refractivity contribution in [3.8, 4) is 0 Å². The number of nitrogens with one attached hydrogen (secondary N) is 1. The summed E-state index contributed by atoms with van der Waals surface area (Å²) in [5.41, 5.74) is 1.04. The van der Waals surface area contributed by atoms with Crippen molar-refractivity contribution >= 4 is 15.9 Å². The highest BCUT2D eigenvalue weighted by Gasteiger charge is 2.29. The molecule has 1 fully saturated rings. The predicted octanol–water partition coefficient (Wildman–Crippen LogP) is 1.44. The average molecular weight is 351 g/mol. The Morgan fingerprint density at radius 2 is 1.75 bits per heavy atom. The van der Waals surface area contributed by atoms with Gasteiger partial charge in [0.05, 0.1) is 5.75 Å². The molecule has 1 aromatic heterocycles. The van der Waals surface area contributed by atoms with E-state index in [1.165, 1.54) is 28.6 Å². The third kappa shape index (κ3) is 3.65. The summed E-state index contributed by atoms with van der Waals surface area (Å²) in [6.45, 7) is 1.22. The van der Waals surface area contributed by atoms with E-state index in [0.29, 0.717) is 24.3 Å². The van der Waals surface area contributed by atoms with Crippen molar-refractivity contribution in [1.29, 1.82) is 0 Å². The predicted molar refractivity (Wildman–Crippen MR) is 87.3 cm³/mol. The number of aromatic amines is 1. The Kier molecular flexibility index (Phi) is 4.68. The highest BCUT2D eigenvalue weighted by Crippen LogP contribution is 2.15. The molecule has 0 spiro atoms. The van der Waals surface area contributed by atoms with E-state index >= 15 is 0 Å². The molecule has 1 saturated heterocycles. The lowest BCUT2D eigenvalue weighted by Gasteiger charge is -2.33. The molecule has 8 heteroatoms. The topological polar surface area (TPSA) is 73.5 Å². The Hall–Kier alpha value is -2.19. The van der Waals surface area contributed by atoms with Crippen LogP contribution in [0.3, 0.4) is 0 Å². The summed E-state index contributed by atoms with van der Waals surface area (Å²) in [5, 5.41) is 0. The fourth-order valence-corrected chi connectivity index (χ4v) is 4.20. The Bertz CT molecular complexity index is 796. The van der Waals surface area contributed by atoms with Crippen LogP contribution in [0.5, 0.6) is 0 Å². The minimum atomic E-state index is -3.49. The molecular formula is C16H18FN3O3S. The molecule has 24 heavy (non-hydrogen) atoms. The van der Waals surface area contributed by atoms with Crippen molar-refractivity contribution in [2.24, 2.45) is 0 Å². The van der Waals surface area contributed by atoms with Crippen LogP contribution in [0.15, 0.2) is 42.6 Å². The van der Waals surface area contributed by atoms with Gasteiger partial charge in [0.2, 0.25) is 10.0 Å². The van der Waals surface area contributed by atoms with E-state index in [9.17, 15) is 17.6 Å². The van der Waals surface area contributed by atoms with Gasteiger partial charge in [0.15, 0.2) is 0 Å². The Labute approximate surface area is 139 Å². The van der Waals surface area contributed by atoms with Gasteiger partial charge in [-0.2, -0.15) is 4.31 Å². The number of carbonyl (C=O) groups is 1. The van der Waals surface area contributed by atoms with Crippen LogP contribution in [0.25, 0.3) is 0 Å². The van der Waals surface area contributed by atoms with Gasteiger partial charge in [-0.3, -0.25) is 4.79 Å². The summed E-state index contributed by atoms with van der Waals surface area (Å²) >= 11 is 0. The first kappa shape index (κ1) is 16.7. The first-order valence-electron chi connectivity index (χ1n) is 7.61. The van der Waals surface area contributed by atoms with Crippen LogP contribution in [-0.2, 0) is 15.8 Å². The minimum Gasteiger partial charge on any atom is -0.357 e. The molecule has 1 amide bonds. The van der Waals surface area contributed by atoms with E-state index in [1.807, 2.05) is 0 Å². The van der Waals surface area contributed by atoms with E-state index < -0.39 is 15.8 Å². The minimum absolute atomic E-state index is 0.129. The van der Waals surface area contributed by atoms with Gasteiger partial charge in [-0.15, -0.1) is 0 Å². The van der Waals surface area contributed by atoms with Crippen molar-refractivity contribution in [3.63, 3.8) is 0 Å². The summed E-state index contributed by atoms with van der Waals surface area (Å²) in [6.07, 6.45) is 1.68. The first-order valence-corrected chi connectivity index (χ1v) is 9.21. The second-order valence-electron chi connectivity index (χ2n) is 5.66. The number of sulfonamides is 1. The van der Waals surface area contributed by atoms with Gasteiger partial charge in [-0.1, -0.05) is 12.1 Å². The van der Waals surface area contributed by atoms with E-state index in [4.69, 9.17) is 0 Å². The highest BCUT2D eigenvalue weighted by atomic mass is 32.2. The fraction of sp³-hybridized carbons (Fsp3) is 0.312. The Balaban J connectivity index is 1.61. The second kappa shape index (κ2) is 6.74. The van der Waals surface area contributed by atoms with Gasteiger partial charge >= 0.3 is 0 Å². The quantitative estimate of drug-likeness (QED) is 0.906. The van der Waals surface area contributed by atoms with Crippen LogP contribution >= 0.6 is 0 Å². The summed E-state index contributed by atoms with van der Waals surface area (Å²) in [4.78, 5) is 16.7. The van der Waals surface area contributed by atoms with Crippen LogP contribution in [0.2, 0.25) is 0 Å². The maximum absolute atomic E-state index is 12.9. The molecule has 1 aliphatic rings. The molecule has 0 aliphatic carbocycles. The van der Waals surface area contributed by atoms with Gasteiger partial charge in [0.25, 0.3) is 5.91 Å². The maximum Gasteiger partial charge on any atom is 0.270 e. The number of amides is 1. The Morgan fingerprint density at radius 1 is 1.08 bits per heavy atom. The first-order chi connectivity index (χ1) is 11.5. The maximum atomic E-state index is 12.9. The lowest BCUT2D eigenvalue weighted by molar-refractivity contribution is 0.0692. The largest absolute Gasteiger partial charge is 0.357 e. The summed E-state index contributed by atoms with van der Waals surface area (Å²) < 4.78 is 39.2. The monoisotopic (exact) mass is 351 g/mol.